The van der Waals surface area contributed by atoms with Crippen LogP contribution in [-0.2, 0) is 9.47 Å². The Balaban J connectivity index is 1.91. The van der Waals surface area contributed by atoms with Crippen LogP contribution in [0.5, 0.6) is 5.75 Å². The molecule has 0 amide bonds. The summed E-state index contributed by atoms with van der Waals surface area (Å²) in [6.45, 7) is 7.31. The van der Waals surface area contributed by atoms with E-state index < -0.39 is 0 Å². The fourth-order valence-electron chi connectivity index (χ4n) is 2.88. The summed E-state index contributed by atoms with van der Waals surface area (Å²) in [7, 11) is 0. The molecule has 0 saturated carbocycles. The van der Waals surface area contributed by atoms with Gasteiger partial charge in [0.2, 0.25) is 0 Å². The Hall–Kier alpha value is -1.10. The van der Waals surface area contributed by atoms with Crippen molar-refractivity contribution < 1.29 is 14.2 Å². The van der Waals surface area contributed by atoms with Crippen LogP contribution in [0.15, 0.2) is 24.3 Å². The van der Waals surface area contributed by atoms with Gasteiger partial charge in [-0.2, -0.15) is 0 Å². The van der Waals surface area contributed by atoms with Crippen LogP contribution in [0.1, 0.15) is 45.2 Å². The van der Waals surface area contributed by atoms with Crippen molar-refractivity contribution >= 4 is 0 Å². The van der Waals surface area contributed by atoms with E-state index in [-0.39, 0.29) is 24.4 Å². The molecule has 21 heavy (non-hydrogen) atoms. The van der Waals surface area contributed by atoms with Gasteiger partial charge in [-0.1, -0.05) is 18.2 Å². The highest BCUT2D eigenvalue weighted by atomic mass is 16.5. The zero-order chi connectivity index (χ0) is 15.2. The van der Waals surface area contributed by atoms with Crippen LogP contribution in [0, 0.1) is 0 Å². The average Bonchev–Trinajstić information content (AvgIpc) is 2.45. The van der Waals surface area contributed by atoms with Crippen LogP contribution in [0.4, 0.5) is 0 Å². The van der Waals surface area contributed by atoms with E-state index in [1.165, 1.54) is 0 Å². The minimum atomic E-state index is -0.166. The molecule has 1 heterocycles. The molecular weight excluding hydrogens is 266 g/mol. The van der Waals surface area contributed by atoms with E-state index in [0.717, 1.165) is 24.2 Å². The Bertz CT molecular complexity index is 428. The van der Waals surface area contributed by atoms with Crippen molar-refractivity contribution in [3.05, 3.63) is 29.8 Å². The largest absolute Gasteiger partial charge is 0.494 e. The summed E-state index contributed by atoms with van der Waals surface area (Å²) in [5.41, 5.74) is 7.28. The highest BCUT2D eigenvalue weighted by Gasteiger charge is 2.25. The van der Waals surface area contributed by atoms with Gasteiger partial charge in [0.05, 0.1) is 37.6 Å². The molecule has 1 saturated heterocycles. The maximum absolute atomic E-state index is 6.28. The number of para-hydroxylation sites is 1. The van der Waals surface area contributed by atoms with Crippen LogP contribution in [-0.4, -0.2) is 31.5 Å². The monoisotopic (exact) mass is 293 g/mol. The quantitative estimate of drug-likeness (QED) is 0.876. The van der Waals surface area contributed by atoms with Crippen molar-refractivity contribution in [1.82, 2.24) is 0 Å². The Morgan fingerprint density at radius 2 is 1.90 bits per heavy atom. The second-order valence-corrected chi connectivity index (χ2v) is 5.76. The lowest BCUT2D eigenvalue weighted by atomic mass is 10.0. The minimum Gasteiger partial charge on any atom is -0.494 e. The molecule has 0 aliphatic carbocycles. The van der Waals surface area contributed by atoms with Crippen LogP contribution >= 0.6 is 0 Å². The summed E-state index contributed by atoms with van der Waals surface area (Å²) >= 11 is 0. The van der Waals surface area contributed by atoms with E-state index >= 15 is 0 Å². The zero-order valence-electron chi connectivity index (χ0n) is 13.2. The van der Waals surface area contributed by atoms with Crippen LogP contribution in [0.3, 0.4) is 0 Å². The smallest absolute Gasteiger partial charge is 0.124 e. The Kier molecular flexibility index (Phi) is 6.03. The Morgan fingerprint density at radius 1 is 1.24 bits per heavy atom. The summed E-state index contributed by atoms with van der Waals surface area (Å²) in [6, 6.07) is 7.74. The lowest BCUT2D eigenvalue weighted by Crippen LogP contribution is -2.35. The maximum Gasteiger partial charge on any atom is 0.124 e. The fraction of sp³-hybridized carbons (Fsp3) is 0.647. The van der Waals surface area contributed by atoms with E-state index in [1.807, 2.05) is 31.2 Å². The van der Waals surface area contributed by atoms with Gasteiger partial charge in [-0.05, 0) is 39.7 Å². The molecule has 1 aromatic rings. The third-order valence-electron chi connectivity index (χ3n) is 3.78. The van der Waals surface area contributed by atoms with E-state index in [0.29, 0.717) is 13.2 Å². The Morgan fingerprint density at radius 3 is 2.57 bits per heavy atom. The maximum atomic E-state index is 6.28. The second-order valence-electron chi connectivity index (χ2n) is 5.76. The van der Waals surface area contributed by atoms with Crippen molar-refractivity contribution in [2.75, 3.05) is 13.2 Å². The number of ether oxygens (including phenoxy) is 3. The number of hydrogen-bond acceptors (Lipinski definition) is 4. The first-order valence-corrected chi connectivity index (χ1v) is 7.84. The van der Waals surface area contributed by atoms with Gasteiger partial charge in [-0.25, -0.2) is 0 Å². The van der Waals surface area contributed by atoms with E-state index in [1.54, 1.807) is 0 Å². The van der Waals surface area contributed by atoms with Crippen molar-refractivity contribution in [2.45, 2.75) is 58.0 Å². The summed E-state index contributed by atoms with van der Waals surface area (Å²) in [6.07, 6.45) is 2.61. The molecule has 0 spiro atoms. The minimum absolute atomic E-state index is 0.166. The molecule has 4 nitrogen and oxygen atoms in total. The molecule has 1 aliphatic rings. The Labute approximate surface area is 127 Å². The van der Waals surface area contributed by atoms with E-state index in [9.17, 15) is 0 Å². The molecule has 1 fully saturated rings. The van der Waals surface area contributed by atoms with Crippen LogP contribution in [0.2, 0.25) is 0 Å². The predicted octanol–water partition coefficient (Wildman–Crippen LogP) is 3.06. The van der Waals surface area contributed by atoms with Gasteiger partial charge in [0, 0.05) is 5.56 Å². The van der Waals surface area contributed by atoms with E-state index in [2.05, 4.69) is 13.8 Å². The summed E-state index contributed by atoms with van der Waals surface area (Å²) in [5.74, 6) is 0.852. The predicted molar refractivity (Wildman–Crippen MR) is 83.5 cm³/mol. The van der Waals surface area contributed by atoms with Crippen molar-refractivity contribution in [2.24, 2.45) is 5.73 Å². The molecule has 4 heteroatoms. The third-order valence-corrected chi connectivity index (χ3v) is 3.78. The van der Waals surface area contributed by atoms with Gasteiger partial charge in [0.1, 0.15) is 5.75 Å². The van der Waals surface area contributed by atoms with Crippen LogP contribution < -0.4 is 10.5 Å². The summed E-state index contributed by atoms with van der Waals surface area (Å²) in [5, 5.41) is 0. The van der Waals surface area contributed by atoms with Gasteiger partial charge >= 0.3 is 0 Å². The third kappa shape index (κ3) is 4.70. The molecule has 3 unspecified atom stereocenters. The molecule has 0 radical (unpaired) electrons. The van der Waals surface area contributed by atoms with Gasteiger partial charge in [-0.3, -0.25) is 0 Å². The van der Waals surface area contributed by atoms with Gasteiger partial charge < -0.3 is 19.9 Å². The fourth-order valence-corrected chi connectivity index (χ4v) is 2.88. The molecule has 2 N–H and O–H groups in total. The zero-order valence-corrected chi connectivity index (χ0v) is 13.2. The lowest BCUT2D eigenvalue weighted by Gasteiger charge is -2.32. The topological polar surface area (TPSA) is 53.7 Å². The molecule has 1 aliphatic heterocycles. The molecule has 1 aromatic carbocycles. The second kappa shape index (κ2) is 7.78. The van der Waals surface area contributed by atoms with Gasteiger partial charge in [0.15, 0.2) is 0 Å². The van der Waals surface area contributed by atoms with Crippen molar-refractivity contribution in [3.63, 3.8) is 0 Å². The van der Waals surface area contributed by atoms with Gasteiger partial charge in [-0.15, -0.1) is 0 Å². The molecule has 0 aromatic heterocycles. The van der Waals surface area contributed by atoms with Gasteiger partial charge in [0.25, 0.3) is 0 Å². The lowest BCUT2D eigenvalue weighted by molar-refractivity contribution is -0.103. The number of rotatable bonds is 6. The van der Waals surface area contributed by atoms with Crippen molar-refractivity contribution in [3.8, 4) is 5.75 Å². The van der Waals surface area contributed by atoms with Crippen molar-refractivity contribution in [1.29, 1.82) is 0 Å². The first-order valence-electron chi connectivity index (χ1n) is 7.84. The molecule has 0 bridgehead atoms. The van der Waals surface area contributed by atoms with E-state index in [4.69, 9.17) is 19.9 Å². The molecular formula is C17H27NO3. The standard InChI is InChI=1S/C17H27NO3/c1-4-19-17-8-6-5-7-15(17)16(18)11-20-14-9-12(2)21-13(3)10-14/h5-8,12-14,16H,4,9-11,18H2,1-3H3. The number of hydrogen-bond donors (Lipinski definition) is 1. The summed E-state index contributed by atoms with van der Waals surface area (Å²) < 4.78 is 17.4. The number of benzene rings is 1. The number of nitrogens with two attached hydrogens (primary N) is 1. The highest BCUT2D eigenvalue weighted by Crippen LogP contribution is 2.26. The SMILES string of the molecule is CCOc1ccccc1C(N)COC1CC(C)OC(C)C1. The first-order chi connectivity index (χ1) is 10.1. The normalized spacial score (nSPS) is 27.3. The summed E-state index contributed by atoms with van der Waals surface area (Å²) in [4.78, 5) is 0. The highest BCUT2D eigenvalue weighted by molar-refractivity contribution is 5.35. The first kappa shape index (κ1) is 16.3. The molecule has 118 valence electrons. The van der Waals surface area contributed by atoms with Crippen LogP contribution in [0.25, 0.3) is 0 Å². The molecule has 3 atom stereocenters. The molecule has 2 rings (SSSR count). The average molecular weight is 293 g/mol.